The third kappa shape index (κ3) is 5.28. The van der Waals surface area contributed by atoms with E-state index in [9.17, 15) is 0 Å². The third-order valence-electron chi connectivity index (χ3n) is 2.98. The first-order valence-corrected chi connectivity index (χ1v) is 7.19. The molecular formula is C15H24ClNO. The molecule has 1 aromatic rings. The third-order valence-corrected chi connectivity index (χ3v) is 3.35. The molecule has 0 radical (unpaired) electrons. The molecule has 0 heterocycles. The standard InChI is InChI=1S/C15H24ClNO/c1-4-6-12(3)17-9-10-18-14-7-8-15(16)13(5-2)11-14/h7-8,11-12,17H,4-6,9-10H2,1-3H3. The van der Waals surface area contributed by atoms with Crippen LogP contribution in [0.5, 0.6) is 5.75 Å². The average molecular weight is 270 g/mol. The molecule has 0 bridgehead atoms. The summed E-state index contributed by atoms with van der Waals surface area (Å²) in [6, 6.07) is 6.42. The maximum Gasteiger partial charge on any atom is 0.119 e. The zero-order valence-corrected chi connectivity index (χ0v) is 12.4. The molecule has 18 heavy (non-hydrogen) atoms. The van der Waals surface area contributed by atoms with E-state index in [0.29, 0.717) is 12.6 Å². The van der Waals surface area contributed by atoms with E-state index in [4.69, 9.17) is 16.3 Å². The zero-order valence-electron chi connectivity index (χ0n) is 11.6. The Hall–Kier alpha value is -0.730. The van der Waals surface area contributed by atoms with Crippen molar-refractivity contribution in [3.05, 3.63) is 28.8 Å². The average Bonchev–Trinajstić information content (AvgIpc) is 2.37. The molecular weight excluding hydrogens is 246 g/mol. The van der Waals surface area contributed by atoms with Crippen molar-refractivity contribution in [2.24, 2.45) is 0 Å². The van der Waals surface area contributed by atoms with Crippen LogP contribution in [0.15, 0.2) is 18.2 Å². The highest BCUT2D eigenvalue weighted by molar-refractivity contribution is 6.31. The van der Waals surface area contributed by atoms with Gasteiger partial charge in [0, 0.05) is 17.6 Å². The van der Waals surface area contributed by atoms with Crippen LogP contribution in [-0.2, 0) is 6.42 Å². The molecule has 1 unspecified atom stereocenters. The molecule has 1 rings (SSSR count). The van der Waals surface area contributed by atoms with Crippen LogP contribution in [0.1, 0.15) is 39.2 Å². The van der Waals surface area contributed by atoms with Crippen molar-refractivity contribution >= 4 is 11.6 Å². The van der Waals surface area contributed by atoms with Crippen molar-refractivity contribution in [1.82, 2.24) is 5.32 Å². The van der Waals surface area contributed by atoms with Crippen LogP contribution in [-0.4, -0.2) is 19.2 Å². The minimum Gasteiger partial charge on any atom is -0.492 e. The number of rotatable bonds is 8. The van der Waals surface area contributed by atoms with E-state index in [-0.39, 0.29) is 0 Å². The minimum absolute atomic E-state index is 0.565. The number of aryl methyl sites for hydroxylation is 1. The lowest BCUT2D eigenvalue weighted by molar-refractivity contribution is 0.304. The van der Waals surface area contributed by atoms with Crippen LogP contribution in [0.2, 0.25) is 5.02 Å². The monoisotopic (exact) mass is 269 g/mol. The quantitative estimate of drug-likeness (QED) is 0.719. The Morgan fingerprint density at radius 3 is 2.78 bits per heavy atom. The second kappa shape index (κ2) is 8.39. The van der Waals surface area contributed by atoms with Gasteiger partial charge in [-0.15, -0.1) is 0 Å². The number of halogens is 1. The molecule has 0 spiro atoms. The summed E-state index contributed by atoms with van der Waals surface area (Å²) in [7, 11) is 0. The number of hydrogen-bond donors (Lipinski definition) is 1. The fourth-order valence-corrected chi connectivity index (χ4v) is 2.17. The topological polar surface area (TPSA) is 21.3 Å². The van der Waals surface area contributed by atoms with Crippen LogP contribution in [0.4, 0.5) is 0 Å². The van der Waals surface area contributed by atoms with Gasteiger partial charge in [0.05, 0.1) is 0 Å². The van der Waals surface area contributed by atoms with E-state index >= 15 is 0 Å². The first kappa shape index (κ1) is 15.3. The summed E-state index contributed by atoms with van der Waals surface area (Å²) < 4.78 is 5.71. The molecule has 0 aliphatic heterocycles. The lowest BCUT2D eigenvalue weighted by Crippen LogP contribution is -2.29. The normalized spacial score (nSPS) is 12.4. The van der Waals surface area contributed by atoms with Gasteiger partial charge in [-0.25, -0.2) is 0 Å². The fourth-order valence-electron chi connectivity index (χ4n) is 1.92. The summed E-state index contributed by atoms with van der Waals surface area (Å²) in [5.74, 6) is 0.904. The van der Waals surface area contributed by atoms with Gasteiger partial charge in [0.2, 0.25) is 0 Å². The Balaban J connectivity index is 2.31. The second-order valence-electron chi connectivity index (χ2n) is 4.60. The molecule has 0 amide bonds. The molecule has 3 heteroatoms. The predicted octanol–water partition coefficient (Wildman–Crippen LogP) is 4.06. The maximum absolute atomic E-state index is 6.07. The van der Waals surface area contributed by atoms with Gasteiger partial charge in [0.1, 0.15) is 12.4 Å². The van der Waals surface area contributed by atoms with Crippen molar-refractivity contribution < 1.29 is 4.74 Å². The number of hydrogen-bond acceptors (Lipinski definition) is 2. The highest BCUT2D eigenvalue weighted by Gasteiger charge is 2.02. The highest BCUT2D eigenvalue weighted by atomic mass is 35.5. The van der Waals surface area contributed by atoms with E-state index in [1.54, 1.807) is 0 Å². The summed E-state index contributed by atoms with van der Waals surface area (Å²) >= 11 is 6.07. The molecule has 1 aromatic carbocycles. The molecule has 102 valence electrons. The molecule has 0 aromatic heterocycles. The lowest BCUT2D eigenvalue weighted by Gasteiger charge is -2.13. The molecule has 0 aliphatic carbocycles. The molecule has 0 saturated heterocycles. The van der Waals surface area contributed by atoms with Gasteiger partial charge in [-0.2, -0.15) is 0 Å². The molecule has 0 aliphatic rings. The summed E-state index contributed by atoms with van der Waals surface area (Å²) in [5, 5.41) is 4.26. The Labute approximate surface area is 116 Å². The largest absolute Gasteiger partial charge is 0.492 e. The van der Waals surface area contributed by atoms with Gasteiger partial charge in [0.15, 0.2) is 0 Å². The van der Waals surface area contributed by atoms with Gasteiger partial charge in [-0.05, 0) is 43.5 Å². The van der Waals surface area contributed by atoms with Crippen LogP contribution < -0.4 is 10.1 Å². The molecule has 0 fully saturated rings. The Morgan fingerprint density at radius 2 is 2.11 bits per heavy atom. The van der Waals surface area contributed by atoms with Crippen molar-refractivity contribution in [2.45, 2.75) is 46.1 Å². The molecule has 1 atom stereocenters. The number of ether oxygens (including phenoxy) is 1. The maximum atomic E-state index is 6.07. The number of benzene rings is 1. The Morgan fingerprint density at radius 1 is 1.33 bits per heavy atom. The summed E-state index contributed by atoms with van der Waals surface area (Å²) in [4.78, 5) is 0. The predicted molar refractivity (Wildman–Crippen MR) is 78.7 cm³/mol. The summed E-state index contributed by atoms with van der Waals surface area (Å²) in [5.41, 5.74) is 1.14. The second-order valence-corrected chi connectivity index (χ2v) is 5.01. The summed E-state index contributed by atoms with van der Waals surface area (Å²) in [6.45, 7) is 8.08. The number of nitrogens with one attached hydrogen (secondary N) is 1. The van der Waals surface area contributed by atoms with Gasteiger partial charge < -0.3 is 10.1 Å². The van der Waals surface area contributed by atoms with Crippen molar-refractivity contribution in [3.8, 4) is 5.75 Å². The van der Waals surface area contributed by atoms with Crippen LogP contribution >= 0.6 is 11.6 Å². The summed E-state index contributed by atoms with van der Waals surface area (Å²) in [6.07, 6.45) is 3.36. The van der Waals surface area contributed by atoms with E-state index in [0.717, 1.165) is 29.3 Å². The fraction of sp³-hybridized carbons (Fsp3) is 0.600. The van der Waals surface area contributed by atoms with Gasteiger partial charge in [0.25, 0.3) is 0 Å². The lowest BCUT2D eigenvalue weighted by atomic mass is 10.1. The van der Waals surface area contributed by atoms with Crippen molar-refractivity contribution in [3.63, 3.8) is 0 Å². The van der Waals surface area contributed by atoms with Crippen LogP contribution in [0.25, 0.3) is 0 Å². The molecule has 0 saturated carbocycles. The minimum atomic E-state index is 0.565. The van der Waals surface area contributed by atoms with Crippen LogP contribution in [0, 0.1) is 0 Å². The first-order valence-electron chi connectivity index (χ1n) is 6.82. The van der Waals surface area contributed by atoms with Gasteiger partial charge >= 0.3 is 0 Å². The van der Waals surface area contributed by atoms with Gasteiger partial charge in [-0.1, -0.05) is 31.9 Å². The van der Waals surface area contributed by atoms with E-state index in [2.05, 4.69) is 26.1 Å². The SMILES string of the molecule is CCCC(C)NCCOc1ccc(Cl)c(CC)c1. The Kier molecular flexibility index (Phi) is 7.14. The van der Waals surface area contributed by atoms with E-state index < -0.39 is 0 Å². The molecule has 1 N–H and O–H groups in total. The van der Waals surface area contributed by atoms with E-state index in [1.807, 2.05) is 18.2 Å². The van der Waals surface area contributed by atoms with Crippen molar-refractivity contribution in [2.75, 3.05) is 13.2 Å². The smallest absolute Gasteiger partial charge is 0.119 e. The first-order chi connectivity index (χ1) is 8.67. The zero-order chi connectivity index (χ0) is 13.4. The van der Waals surface area contributed by atoms with Crippen LogP contribution in [0.3, 0.4) is 0 Å². The Bertz CT molecular complexity index is 354. The van der Waals surface area contributed by atoms with E-state index in [1.165, 1.54) is 12.8 Å². The van der Waals surface area contributed by atoms with Crippen molar-refractivity contribution in [1.29, 1.82) is 0 Å². The molecule has 2 nitrogen and oxygen atoms in total. The van der Waals surface area contributed by atoms with Gasteiger partial charge in [-0.3, -0.25) is 0 Å². The highest BCUT2D eigenvalue weighted by Crippen LogP contribution is 2.22.